The predicted molar refractivity (Wildman–Crippen MR) is 61.8 cm³/mol. The third-order valence-corrected chi connectivity index (χ3v) is 2.28. The standard InChI is InChI=1S/C10H9Cl3O/c11-10(12,13)9(14)7-6-8-4-2-1-3-5-8/h1-7,9,14H/b7-6+. The Bertz CT molecular complexity index is 303. The molecule has 1 atom stereocenters. The van der Waals surface area contributed by atoms with Gasteiger partial charge in [0.25, 0.3) is 0 Å². The second-order valence-electron chi connectivity index (χ2n) is 2.76. The lowest BCUT2D eigenvalue weighted by molar-refractivity contribution is 0.228. The van der Waals surface area contributed by atoms with Crippen LogP contribution in [0, 0.1) is 0 Å². The Morgan fingerprint density at radius 3 is 2.21 bits per heavy atom. The van der Waals surface area contributed by atoms with Gasteiger partial charge >= 0.3 is 0 Å². The van der Waals surface area contributed by atoms with E-state index < -0.39 is 9.90 Å². The first kappa shape index (κ1) is 11.9. The van der Waals surface area contributed by atoms with Gasteiger partial charge in [0.2, 0.25) is 3.79 Å². The fourth-order valence-electron chi connectivity index (χ4n) is 0.876. The summed E-state index contributed by atoms with van der Waals surface area (Å²) < 4.78 is -1.68. The largest absolute Gasteiger partial charge is 0.385 e. The van der Waals surface area contributed by atoms with Crippen LogP contribution < -0.4 is 0 Å². The molecule has 0 aromatic heterocycles. The maximum absolute atomic E-state index is 9.36. The highest BCUT2D eigenvalue weighted by Gasteiger charge is 2.28. The fraction of sp³-hybridized carbons (Fsp3) is 0.200. The van der Waals surface area contributed by atoms with Crippen molar-refractivity contribution in [3.8, 4) is 0 Å². The summed E-state index contributed by atoms with van der Waals surface area (Å²) in [5.41, 5.74) is 0.945. The summed E-state index contributed by atoms with van der Waals surface area (Å²) in [6, 6.07) is 9.47. The van der Waals surface area contributed by atoms with E-state index in [1.807, 2.05) is 30.3 Å². The first-order valence-corrected chi connectivity index (χ1v) is 5.11. The van der Waals surface area contributed by atoms with Crippen molar-refractivity contribution < 1.29 is 5.11 Å². The normalized spacial score (nSPS) is 14.6. The molecule has 1 rings (SSSR count). The monoisotopic (exact) mass is 250 g/mol. The lowest BCUT2D eigenvalue weighted by atomic mass is 10.2. The van der Waals surface area contributed by atoms with Gasteiger partial charge in [-0.3, -0.25) is 0 Å². The zero-order chi connectivity index (χ0) is 10.6. The lowest BCUT2D eigenvalue weighted by Gasteiger charge is -2.14. The van der Waals surface area contributed by atoms with Crippen molar-refractivity contribution in [1.29, 1.82) is 0 Å². The van der Waals surface area contributed by atoms with E-state index in [0.29, 0.717) is 0 Å². The third-order valence-electron chi connectivity index (χ3n) is 1.61. The van der Waals surface area contributed by atoms with Gasteiger partial charge in [0.15, 0.2) is 0 Å². The highest BCUT2D eigenvalue weighted by Crippen LogP contribution is 2.31. The summed E-state index contributed by atoms with van der Waals surface area (Å²) in [5, 5.41) is 9.36. The molecule has 0 aliphatic rings. The zero-order valence-electron chi connectivity index (χ0n) is 7.20. The Hall–Kier alpha value is -0.210. The maximum Gasteiger partial charge on any atom is 0.219 e. The van der Waals surface area contributed by atoms with E-state index in [1.54, 1.807) is 6.08 Å². The molecule has 1 N–H and O–H groups in total. The van der Waals surface area contributed by atoms with E-state index in [0.717, 1.165) is 5.56 Å². The number of benzene rings is 1. The number of halogens is 3. The van der Waals surface area contributed by atoms with Gasteiger partial charge in [-0.25, -0.2) is 0 Å². The van der Waals surface area contributed by atoms with Crippen molar-refractivity contribution in [1.82, 2.24) is 0 Å². The highest BCUT2D eigenvalue weighted by molar-refractivity contribution is 6.68. The van der Waals surface area contributed by atoms with Crippen LogP contribution in [-0.2, 0) is 0 Å². The number of hydrogen-bond donors (Lipinski definition) is 1. The molecule has 1 aromatic rings. The smallest absolute Gasteiger partial charge is 0.219 e. The second-order valence-corrected chi connectivity index (χ2v) is 5.13. The molecular formula is C10H9Cl3O. The predicted octanol–water partition coefficient (Wildman–Crippen LogP) is 3.43. The molecule has 0 radical (unpaired) electrons. The summed E-state index contributed by atoms with van der Waals surface area (Å²) in [6.45, 7) is 0. The molecule has 0 fully saturated rings. The SMILES string of the molecule is OC(/C=C/c1ccccc1)C(Cl)(Cl)Cl. The van der Waals surface area contributed by atoms with Crippen molar-refractivity contribution in [2.45, 2.75) is 9.90 Å². The molecule has 76 valence electrons. The van der Waals surface area contributed by atoms with Crippen LogP contribution in [0.5, 0.6) is 0 Å². The molecule has 0 amide bonds. The second kappa shape index (κ2) is 5.04. The fourth-order valence-corrected chi connectivity index (χ4v) is 1.09. The minimum atomic E-state index is -1.68. The van der Waals surface area contributed by atoms with Crippen molar-refractivity contribution in [3.05, 3.63) is 42.0 Å². The van der Waals surface area contributed by atoms with E-state index in [2.05, 4.69) is 0 Å². The van der Waals surface area contributed by atoms with Crippen LogP contribution >= 0.6 is 34.8 Å². The highest BCUT2D eigenvalue weighted by atomic mass is 35.6. The van der Waals surface area contributed by atoms with Gasteiger partial charge in [-0.2, -0.15) is 0 Å². The Kier molecular flexibility index (Phi) is 4.27. The molecule has 0 bridgehead atoms. The Morgan fingerprint density at radius 1 is 1.14 bits per heavy atom. The number of hydrogen-bond acceptors (Lipinski definition) is 1. The van der Waals surface area contributed by atoms with Gasteiger partial charge in [0.1, 0.15) is 6.10 Å². The van der Waals surface area contributed by atoms with Gasteiger partial charge in [-0.1, -0.05) is 77.3 Å². The minimum absolute atomic E-state index is 0.945. The van der Waals surface area contributed by atoms with Gasteiger partial charge in [-0.15, -0.1) is 0 Å². The van der Waals surface area contributed by atoms with E-state index >= 15 is 0 Å². The number of rotatable bonds is 2. The molecule has 0 saturated heterocycles. The number of aliphatic hydroxyl groups is 1. The molecular weight excluding hydrogens is 242 g/mol. The van der Waals surface area contributed by atoms with Gasteiger partial charge in [-0.05, 0) is 5.56 Å². The van der Waals surface area contributed by atoms with E-state index in [1.165, 1.54) is 6.08 Å². The van der Waals surface area contributed by atoms with Gasteiger partial charge in [0, 0.05) is 0 Å². The zero-order valence-corrected chi connectivity index (χ0v) is 9.47. The van der Waals surface area contributed by atoms with Crippen molar-refractivity contribution in [2.24, 2.45) is 0 Å². The Balaban J connectivity index is 2.66. The topological polar surface area (TPSA) is 20.2 Å². The van der Waals surface area contributed by atoms with Crippen molar-refractivity contribution in [3.63, 3.8) is 0 Å². The summed E-state index contributed by atoms with van der Waals surface area (Å²) in [7, 11) is 0. The van der Waals surface area contributed by atoms with Crippen molar-refractivity contribution >= 4 is 40.9 Å². The average Bonchev–Trinajstić information content (AvgIpc) is 2.14. The van der Waals surface area contributed by atoms with Gasteiger partial charge in [0.05, 0.1) is 0 Å². The first-order chi connectivity index (χ1) is 6.50. The summed E-state index contributed by atoms with van der Waals surface area (Å²) >= 11 is 16.4. The molecule has 1 aromatic carbocycles. The Labute approximate surface area is 97.9 Å². The summed E-state index contributed by atoms with van der Waals surface area (Å²) in [5.74, 6) is 0. The first-order valence-electron chi connectivity index (χ1n) is 3.98. The van der Waals surface area contributed by atoms with Crippen LogP contribution in [0.3, 0.4) is 0 Å². The molecule has 0 saturated carbocycles. The average molecular weight is 252 g/mol. The van der Waals surface area contributed by atoms with E-state index in [9.17, 15) is 5.11 Å². The molecule has 0 aliphatic carbocycles. The quantitative estimate of drug-likeness (QED) is 0.799. The third kappa shape index (κ3) is 3.89. The number of alkyl halides is 3. The van der Waals surface area contributed by atoms with Crippen LogP contribution in [0.15, 0.2) is 36.4 Å². The van der Waals surface area contributed by atoms with Crippen molar-refractivity contribution in [2.75, 3.05) is 0 Å². The molecule has 0 heterocycles. The van der Waals surface area contributed by atoms with E-state index in [-0.39, 0.29) is 0 Å². The molecule has 0 spiro atoms. The van der Waals surface area contributed by atoms with Gasteiger partial charge < -0.3 is 5.11 Å². The van der Waals surface area contributed by atoms with Crippen LogP contribution in [0.1, 0.15) is 5.56 Å². The van der Waals surface area contributed by atoms with E-state index in [4.69, 9.17) is 34.8 Å². The molecule has 1 unspecified atom stereocenters. The minimum Gasteiger partial charge on any atom is -0.385 e. The lowest BCUT2D eigenvalue weighted by Crippen LogP contribution is -2.22. The molecule has 0 aliphatic heterocycles. The molecule has 4 heteroatoms. The summed E-state index contributed by atoms with van der Waals surface area (Å²) in [4.78, 5) is 0. The van der Waals surface area contributed by atoms with Crippen LogP contribution in [0.25, 0.3) is 6.08 Å². The van der Waals surface area contributed by atoms with Crippen LogP contribution in [0.4, 0.5) is 0 Å². The van der Waals surface area contributed by atoms with Crippen LogP contribution in [0.2, 0.25) is 0 Å². The Morgan fingerprint density at radius 2 is 1.71 bits per heavy atom. The molecule has 1 nitrogen and oxygen atoms in total. The summed E-state index contributed by atoms with van der Waals surface area (Å²) in [6.07, 6.45) is 2.04. The molecule has 14 heavy (non-hydrogen) atoms. The number of aliphatic hydroxyl groups excluding tert-OH is 1. The van der Waals surface area contributed by atoms with Crippen LogP contribution in [-0.4, -0.2) is 15.0 Å². The maximum atomic E-state index is 9.36.